The Kier molecular flexibility index (Phi) is 4.73. The van der Waals surface area contributed by atoms with Gasteiger partial charge in [0.05, 0.1) is 5.69 Å². The number of nitrogens with two attached hydrogens (primary N) is 1. The van der Waals surface area contributed by atoms with Crippen molar-refractivity contribution in [1.82, 2.24) is 9.97 Å². The second-order valence-electron chi connectivity index (χ2n) is 9.13. The fourth-order valence-electron chi connectivity index (χ4n) is 4.09. The number of benzene rings is 2. The van der Waals surface area contributed by atoms with E-state index in [-0.39, 0.29) is 10.8 Å². The van der Waals surface area contributed by atoms with Gasteiger partial charge in [-0.2, -0.15) is 4.99 Å². The average molecular weight is 385 g/mol. The van der Waals surface area contributed by atoms with Gasteiger partial charge in [-0.3, -0.25) is 0 Å². The Morgan fingerprint density at radius 3 is 2.31 bits per heavy atom. The van der Waals surface area contributed by atoms with Crippen molar-refractivity contribution in [3.8, 4) is 11.3 Å². The molecule has 0 bridgehead atoms. The topological polar surface area (TPSA) is 64.2 Å². The molecule has 148 valence electrons. The molecule has 29 heavy (non-hydrogen) atoms. The van der Waals surface area contributed by atoms with Gasteiger partial charge in [-0.05, 0) is 46.9 Å². The van der Waals surface area contributed by atoms with Crippen LogP contribution in [0.2, 0.25) is 0 Å². The fraction of sp³-hybridized carbons (Fsp3) is 0.320. The molecule has 0 saturated carbocycles. The largest absolute Gasteiger partial charge is 0.383 e. The van der Waals surface area contributed by atoms with Gasteiger partial charge in [-0.15, -0.1) is 0 Å². The number of hydrogen-bond donors (Lipinski definition) is 1. The highest BCUT2D eigenvalue weighted by molar-refractivity contribution is 5.98. The molecule has 3 aromatic rings. The predicted octanol–water partition coefficient (Wildman–Crippen LogP) is 5.53. The molecule has 0 spiro atoms. The fourth-order valence-corrected chi connectivity index (χ4v) is 4.09. The van der Waals surface area contributed by atoms with E-state index in [2.05, 4.69) is 60.9 Å². The van der Waals surface area contributed by atoms with Crippen LogP contribution in [-0.4, -0.2) is 15.8 Å². The van der Waals surface area contributed by atoms with E-state index in [4.69, 9.17) is 5.73 Å². The molecule has 0 aliphatic heterocycles. The first kappa shape index (κ1) is 19.3. The van der Waals surface area contributed by atoms with Crippen LogP contribution in [0.3, 0.4) is 0 Å². The highest BCUT2D eigenvalue weighted by Gasteiger charge is 2.37. The van der Waals surface area contributed by atoms with E-state index in [0.29, 0.717) is 11.8 Å². The zero-order valence-electron chi connectivity index (χ0n) is 17.6. The van der Waals surface area contributed by atoms with Crippen molar-refractivity contribution in [2.24, 2.45) is 10.7 Å². The third-order valence-electron chi connectivity index (χ3n) is 6.08. The lowest BCUT2D eigenvalue weighted by atomic mass is 9.63. The molecule has 4 rings (SSSR count). The lowest BCUT2D eigenvalue weighted by Crippen LogP contribution is -2.33. The monoisotopic (exact) mass is 384 g/mol. The van der Waals surface area contributed by atoms with Gasteiger partial charge in [0.2, 0.25) is 0 Å². The number of fused-ring (bicyclic) bond motifs is 1. The van der Waals surface area contributed by atoms with Crippen molar-refractivity contribution in [2.75, 3.05) is 0 Å². The summed E-state index contributed by atoms with van der Waals surface area (Å²) in [5.41, 5.74) is 12.2. The van der Waals surface area contributed by atoms with Crippen LogP contribution in [0.5, 0.6) is 0 Å². The van der Waals surface area contributed by atoms with E-state index in [0.717, 1.165) is 16.8 Å². The Hall–Kier alpha value is -3.01. The SMILES string of the molecule is CC1(C)CCC(C)(C)c2cc(-c3ccnc(N=C(N)c4ccccc4)n3)ccc21. The Morgan fingerprint density at radius 2 is 1.59 bits per heavy atom. The van der Waals surface area contributed by atoms with Gasteiger partial charge in [0.15, 0.2) is 0 Å². The summed E-state index contributed by atoms with van der Waals surface area (Å²) in [4.78, 5) is 13.4. The highest BCUT2D eigenvalue weighted by atomic mass is 15.1. The molecule has 0 amide bonds. The zero-order chi connectivity index (χ0) is 20.6. The molecule has 0 saturated heterocycles. The minimum Gasteiger partial charge on any atom is -0.383 e. The molecular weight excluding hydrogens is 356 g/mol. The zero-order valence-corrected chi connectivity index (χ0v) is 17.6. The van der Waals surface area contributed by atoms with Crippen molar-refractivity contribution in [1.29, 1.82) is 0 Å². The number of hydrogen-bond acceptors (Lipinski definition) is 3. The van der Waals surface area contributed by atoms with Crippen LogP contribution < -0.4 is 5.73 Å². The van der Waals surface area contributed by atoms with Crippen LogP contribution in [0.25, 0.3) is 11.3 Å². The van der Waals surface area contributed by atoms with Crippen LogP contribution in [0.15, 0.2) is 65.8 Å². The number of aromatic nitrogens is 2. The second kappa shape index (κ2) is 7.11. The van der Waals surface area contributed by atoms with E-state index < -0.39 is 0 Å². The van der Waals surface area contributed by atoms with E-state index in [1.807, 2.05) is 36.4 Å². The first-order valence-electron chi connectivity index (χ1n) is 10.1. The second-order valence-corrected chi connectivity index (χ2v) is 9.13. The van der Waals surface area contributed by atoms with E-state index in [9.17, 15) is 0 Å². The number of nitrogens with zero attached hydrogens (tertiary/aromatic N) is 3. The Labute approximate surface area is 172 Å². The molecule has 0 atom stereocenters. The summed E-state index contributed by atoms with van der Waals surface area (Å²) in [6.45, 7) is 9.34. The van der Waals surface area contributed by atoms with Gasteiger partial charge >= 0.3 is 0 Å². The van der Waals surface area contributed by atoms with Gasteiger partial charge in [-0.25, -0.2) is 9.97 Å². The van der Waals surface area contributed by atoms with Gasteiger partial charge < -0.3 is 5.73 Å². The molecule has 1 aliphatic carbocycles. The molecule has 4 nitrogen and oxygen atoms in total. The summed E-state index contributed by atoms with van der Waals surface area (Å²) in [6.07, 6.45) is 4.13. The maximum Gasteiger partial charge on any atom is 0.251 e. The van der Waals surface area contributed by atoms with Crippen LogP contribution in [-0.2, 0) is 10.8 Å². The quantitative estimate of drug-likeness (QED) is 0.477. The van der Waals surface area contributed by atoms with Gasteiger partial charge in [0.1, 0.15) is 5.84 Å². The third kappa shape index (κ3) is 3.80. The van der Waals surface area contributed by atoms with Crippen molar-refractivity contribution in [3.05, 3.63) is 77.5 Å². The summed E-state index contributed by atoms with van der Waals surface area (Å²) < 4.78 is 0. The van der Waals surface area contributed by atoms with Gasteiger partial charge in [0, 0.05) is 17.3 Å². The molecule has 2 aromatic carbocycles. The van der Waals surface area contributed by atoms with Crippen molar-refractivity contribution in [3.63, 3.8) is 0 Å². The molecule has 0 unspecified atom stereocenters. The predicted molar refractivity (Wildman–Crippen MR) is 120 cm³/mol. The molecule has 0 radical (unpaired) electrons. The summed E-state index contributed by atoms with van der Waals surface area (Å²) in [7, 11) is 0. The van der Waals surface area contributed by atoms with Crippen LogP contribution in [0, 0.1) is 0 Å². The third-order valence-corrected chi connectivity index (χ3v) is 6.08. The van der Waals surface area contributed by atoms with Gasteiger partial charge in [0.25, 0.3) is 5.95 Å². The highest BCUT2D eigenvalue weighted by Crippen LogP contribution is 2.46. The lowest BCUT2D eigenvalue weighted by molar-refractivity contribution is 0.332. The Balaban J connectivity index is 1.73. The normalized spacial score (nSPS) is 17.6. The number of aliphatic imine (C=N–C) groups is 1. The maximum absolute atomic E-state index is 6.14. The number of rotatable bonds is 3. The standard InChI is InChI=1S/C25H28N4/c1-24(2)13-14-25(3,4)20-16-18(10-11-19(20)24)21-12-15-27-23(28-21)29-22(26)17-8-6-5-7-9-17/h5-12,15-16H,13-14H2,1-4H3,(H2,26,27,28,29). The minimum absolute atomic E-state index is 0.159. The first-order chi connectivity index (χ1) is 13.8. The average Bonchev–Trinajstić information content (AvgIpc) is 2.72. The summed E-state index contributed by atoms with van der Waals surface area (Å²) in [5, 5.41) is 0. The van der Waals surface area contributed by atoms with Crippen molar-refractivity contribution < 1.29 is 0 Å². The van der Waals surface area contributed by atoms with Gasteiger partial charge in [-0.1, -0.05) is 70.2 Å². The van der Waals surface area contributed by atoms with Crippen molar-refractivity contribution >= 4 is 11.8 Å². The van der Waals surface area contributed by atoms with E-state index in [1.165, 1.54) is 24.0 Å². The molecule has 2 N–H and O–H groups in total. The lowest BCUT2D eigenvalue weighted by Gasteiger charge is -2.42. The van der Waals surface area contributed by atoms with E-state index in [1.54, 1.807) is 6.20 Å². The molecule has 1 aliphatic rings. The van der Waals surface area contributed by atoms with E-state index >= 15 is 0 Å². The smallest absolute Gasteiger partial charge is 0.251 e. The maximum atomic E-state index is 6.14. The van der Waals surface area contributed by atoms with Crippen LogP contribution in [0.4, 0.5) is 5.95 Å². The van der Waals surface area contributed by atoms with Crippen LogP contribution >= 0.6 is 0 Å². The summed E-state index contributed by atoms with van der Waals surface area (Å²) >= 11 is 0. The Morgan fingerprint density at radius 1 is 0.897 bits per heavy atom. The molecular formula is C25H28N4. The molecule has 4 heteroatoms. The number of amidine groups is 1. The molecule has 0 fully saturated rings. The summed E-state index contributed by atoms with van der Waals surface area (Å²) in [5.74, 6) is 0.789. The molecule has 1 heterocycles. The molecule has 1 aromatic heterocycles. The minimum atomic E-state index is 0.159. The Bertz CT molecular complexity index is 1070. The first-order valence-corrected chi connectivity index (χ1v) is 10.1. The van der Waals surface area contributed by atoms with Crippen molar-refractivity contribution in [2.45, 2.75) is 51.4 Å². The van der Waals surface area contributed by atoms with Crippen LogP contribution in [0.1, 0.15) is 57.2 Å². The summed E-state index contributed by atoms with van der Waals surface area (Å²) in [6, 6.07) is 18.3.